The van der Waals surface area contributed by atoms with Gasteiger partial charge in [0, 0.05) is 10.6 Å². The van der Waals surface area contributed by atoms with Crippen molar-refractivity contribution in [1.82, 2.24) is 10.2 Å². The quantitative estimate of drug-likeness (QED) is 0.624. The van der Waals surface area contributed by atoms with Crippen LogP contribution in [0.1, 0.15) is 21.3 Å². The van der Waals surface area contributed by atoms with Crippen LogP contribution in [0.2, 0.25) is 5.02 Å². The number of thiophene rings is 1. The number of rotatable bonds is 4. The van der Waals surface area contributed by atoms with Gasteiger partial charge in [0.1, 0.15) is 17.3 Å². The van der Waals surface area contributed by atoms with E-state index >= 15 is 0 Å². The first-order chi connectivity index (χ1) is 13.0. The summed E-state index contributed by atoms with van der Waals surface area (Å²) in [4.78, 5) is 27.3. The highest BCUT2D eigenvalue weighted by molar-refractivity contribution is 7.13. The van der Waals surface area contributed by atoms with Gasteiger partial charge in [-0.1, -0.05) is 29.0 Å². The predicted molar refractivity (Wildman–Crippen MR) is 102 cm³/mol. The second-order valence-corrected chi connectivity index (χ2v) is 7.77. The van der Waals surface area contributed by atoms with E-state index in [2.05, 4.69) is 10.2 Å². The maximum Gasteiger partial charge on any atom is 0.296 e. The van der Waals surface area contributed by atoms with Gasteiger partial charge in [-0.25, -0.2) is 0 Å². The molecule has 1 aromatic carbocycles. The number of carbonyl (C=O) groups is 2. The van der Waals surface area contributed by atoms with E-state index in [-0.39, 0.29) is 22.0 Å². The molecule has 1 aliphatic rings. The number of aromatic hydroxyl groups is 1. The minimum Gasteiger partial charge on any atom is -0.508 e. The zero-order valence-electron chi connectivity index (χ0n) is 13.4. The summed E-state index contributed by atoms with van der Waals surface area (Å²) in [5.41, 5.74) is 1.48. The fourth-order valence-electron chi connectivity index (χ4n) is 2.89. The lowest BCUT2D eigenvalue weighted by Crippen LogP contribution is -2.31. The Hall–Kier alpha value is -2.75. The molecule has 0 aliphatic carbocycles. The Labute approximate surface area is 165 Å². The molecule has 3 heterocycles. The van der Waals surface area contributed by atoms with Gasteiger partial charge in [-0.3, -0.25) is 14.5 Å². The Morgan fingerprint density at radius 3 is 2.70 bits per heavy atom. The summed E-state index contributed by atoms with van der Waals surface area (Å²) in [6.45, 7) is 0. The second-order valence-electron chi connectivity index (χ2n) is 5.57. The third kappa shape index (κ3) is 2.89. The van der Waals surface area contributed by atoms with Crippen LogP contribution in [-0.4, -0.2) is 32.1 Å². The number of nitrogens with zero attached hydrogens (tertiary/aromatic N) is 3. The highest BCUT2D eigenvalue weighted by Gasteiger charge is 2.47. The topological polar surface area (TPSA) is 104 Å². The van der Waals surface area contributed by atoms with Crippen LogP contribution in [-0.2, 0) is 4.79 Å². The van der Waals surface area contributed by atoms with Crippen molar-refractivity contribution in [2.45, 2.75) is 6.04 Å². The fourth-order valence-corrected chi connectivity index (χ4v) is 4.33. The van der Waals surface area contributed by atoms with Crippen LogP contribution in [0.25, 0.3) is 0 Å². The Morgan fingerprint density at radius 1 is 1.22 bits per heavy atom. The van der Waals surface area contributed by atoms with E-state index in [1.54, 1.807) is 17.5 Å². The number of hydrogen-bond acceptors (Lipinski definition) is 8. The van der Waals surface area contributed by atoms with Gasteiger partial charge >= 0.3 is 0 Å². The van der Waals surface area contributed by atoms with Crippen molar-refractivity contribution in [3.63, 3.8) is 0 Å². The van der Waals surface area contributed by atoms with Crippen LogP contribution in [0.15, 0.2) is 52.6 Å². The molecule has 0 fully saturated rings. The summed E-state index contributed by atoms with van der Waals surface area (Å²) in [6, 6.07) is 6.50. The van der Waals surface area contributed by atoms with Crippen LogP contribution in [0, 0.1) is 0 Å². The Balaban J connectivity index is 1.93. The molecule has 1 atom stereocenters. The maximum absolute atomic E-state index is 13.0. The van der Waals surface area contributed by atoms with Gasteiger partial charge in [0.2, 0.25) is 10.9 Å². The molecule has 2 N–H and O–H groups in total. The predicted octanol–water partition coefficient (Wildman–Crippen LogP) is 3.74. The molecule has 136 valence electrons. The first-order valence-corrected chi connectivity index (χ1v) is 9.72. The summed E-state index contributed by atoms with van der Waals surface area (Å²) in [6.07, 6.45) is 0. The summed E-state index contributed by atoms with van der Waals surface area (Å²) >= 11 is 8.32. The highest BCUT2D eigenvalue weighted by Crippen LogP contribution is 2.45. The minimum atomic E-state index is -1.08. The molecule has 0 saturated carbocycles. The van der Waals surface area contributed by atoms with Gasteiger partial charge in [0.15, 0.2) is 5.76 Å². The van der Waals surface area contributed by atoms with Crippen molar-refractivity contribution >= 4 is 51.1 Å². The van der Waals surface area contributed by atoms with E-state index in [0.717, 1.165) is 16.2 Å². The lowest BCUT2D eigenvalue weighted by molar-refractivity contribution is -0.117. The third-order valence-corrected chi connectivity index (χ3v) is 5.83. The van der Waals surface area contributed by atoms with Crippen molar-refractivity contribution in [3.05, 3.63) is 68.0 Å². The number of Topliss-reactive ketones (excluding diaryl/α,β-unsaturated/α-hetero) is 1. The molecule has 3 aromatic rings. The molecule has 10 heteroatoms. The van der Waals surface area contributed by atoms with Crippen molar-refractivity contribution in [1.29, 1.82) is 0 Å². The molecular formula is C17H10ClN3O4S2. The lowest BCUT2D eigenvalue weighted by Gasteiger charge is -2.24. The molecule has 1 amide bonds. The lowest BCUT2D eigenvalue weighted by atomic mass is 9.95. The van der Waals surface area contributed by atoms with Gasteiger partial charge in [-0.05, 0) is 29.6 Å². The van der Waals surface area contributed by atoms with E-state index in [1.807, 2.05) is 0 Å². The number of ketones is 1. The van der Waals surface area contributed by atoms with E-state index in [9.17, 15) is 19.8 Å². The van der Waals surface area contributed by atoms with E-state index in [1.165, 1.54) is 35.0 Å². The Morgan fingerprint density at radius 2 is 2.04 bits per heavy atom. The number of phenolic OH excluding ortho intramolecular Hbond substituents is 1. The molecule has 0 saturated heterocycles. The van der Waals surface area contributed by atoms with Gasteiger partial charge in [-0.2, -0.15) is 0 Å². The first-order valence-electron chi connectivity index (χ1n) is 7.58. The zero-order chi connectivity index (χ0) is 19.1. The Kier molecular flexibility index (Phi) is 4.42. The average molecular weight is 420 g/mol. The number of phenols is 1. The van der Waals surface area contributed by atoms with Crippen LogP contribution in [0.3, 0.4) is 0 Å². The molecule has 0 bridgehead atoms. The number of aliphatic hydroxyl groups is 1. The average Bonchev–Trinajstić information content (AvgIpc) is 3.39. The van der Waals surface area contributed by atoms with Crippen LogP contribution >= 0.6 is 34.3 Å². The van der Waals surface area contributed by atoms with Crippen LogP contribution in [0.4, 0.5) is 5.13 Å². The van der Waals surface area contributed by atoms with Gasteiger partial charge in [-0.15, -0.1) is 21.5 Å². The number of amides is 1. The smallest absolute Gasteiger partial charge is 0.296 e. The maximum atomic E-state index is 13.0. The normalized spacial score (nSPS) is 17.0. The SMILES string of the molecule is O=C(C1=C(O)C(=O)N(c2nncs2)C1c1cc(Cl)ccc1O)c1cccs1. The van der Waals surface area contributed by atoms with E-state index in [4.69, 9.17) is 11.6 Å². The zero-order valence-corrected chi connectivity index (χ0v) is 15.8. The second kappa shape index (κ2) is 6.76. The number of halogens is 1. The number of aliphatic hydroxyl groups excluding tert-OH is 1. The summed E-state index contributed by atoms with van der Waals surface area (Å²) in [5.74, 6) is -2.16. The highest BCUT2D eigenvalue weighted by atomic mass is 35.5. The summed E-state index contributed by atoms with van der Waals surface area (Å²) in [7, 11) is 0. The molecular weight excluding hydrogens is 410 g/mol. The van der Waals surface area contributed by atoms with Gasteiger partial charge in [0.05, 0.1) is 10.5 Å². The number of hydrogen-bond donors (Lipinski definition) is 2. The summed E-state index contributed by atoms with van der Waals surface area (Å²) in [5, 5.41) is 30.7. The largest absolute Gasteiger partial charge is 0.508 e. The third-order valence-electron chi connectivity index (χ3n) is 4.04. The number of aromatic nitrogens is 2. The standard InChI is InChI=1S/C17H10ClN3O4S2/c18-8-3-4-10(22)9(6-8)13-12(14(23)11-2-1-5-26-11)15(24)16(25)21(13)17-20-19-7-27-17/h1-7,13,22,24H. The van der Waals surface area contributed by atoms with Crippen LogP contribution in [0.5, 0.6) is 5.75 Å². The first kappa shape index (κ1) is 17.7. The number of carbonyl (C=O) groups excluding carboxylic acids is 2. The molecule has 27 heavy (non-hydrogen) atoms. The molecule has 4 rings (SSSR count). The van der Waals surface area contributed by atoms with Gasteiger partial charge in [0.25, 0.3) is 5.91 Å². The summed E-state index contributed by atoms with van der Waals surface area (Å²) < 4.78 is 0. The fraction of sp³-hybridized carbons (Fsp3) is 0.0588. The molecule has 0 spiro atoms. The number of anilines is 1. The molecule has 0 radical (unpaired) electrons. The van der Waals surface area contributed by atoms with Crippen molar-refractivity contribution in [2.24, 2.45) is 0 Å². The van der Waals surface area contributed by atoms with Crippen LogP contribution < -0.4 is 4.90 Å². The molecule has 1 aliphatic heterocycles. The van der Waals surface area contributed by atoms with Crippen molar-refractivity contribution in [2.75, 3.05) is 4.90 Å². The Bertz CT molecular complexity index is 1060. The van der Waals surface area contributed by atoms with E-state index in [0.29, 0.717) is 9.90 Å². The molecule has 7 nitrogen and oxygen atoms in total. The monoisotopic (exact) mass is 419 g/mol. The molecule has 2 aromatic heterocycles. The molecule has 1 unspecified atom stereocenters. The number of benzene rings is 1. The van der Waals surface area contributed by atoms with Crippen molar-refractivity contribution < 1.29 is 19.8 Å². The van der Waals surface area contributed by atoms with E-state index < -0.39 is 23.5 Å². The van der Waals surface area contributed by atoms with Crippen molar-refractivity contribution in [3.8, 4) is 5.75 Å². The minimum absolute atomic E-state index is 0.143. The van der Waals surface area contributed by atoms with Gasteiger partial charge < -0.3 is 10.2 Å².